The topological polar surface area (TPSA) is 153 Å². The number of carbonyl (C=O) groups excluding carboxylic acids is 2. The van der Waals surface area contributed by atoms with Crippen molar-refractivity contribution in [2.24, 2.45) is 10.9 Å². The zero-order valence-corrected chi connectivity index (χ0v) is 17.3. The third-order valence-electron chi connectivity index (χ3n) is 4.43. The van der Waals surface area contributed by atoms with Gasteiger partial charge in [0.05, 0.1) is 29.2 Å². The molecule has 0 atom stereocenters. The molecule has 0 bridgehead atoms. The van der Waals surface area contributed by atoms with Gasteiger partial charge in [-0.25, -0.2) is 18.4 Å². The summed E-state index contributed by atoms with van der Waals surface area (Å²) >= 11 is 0. The van der Waals surface area contributed by atoms with E-state index in [1.54, 1.807) is 15.6 Å². The Kier molecular flexibility index (Phi) is 5.13. The largest absolute Gasteiger partial charge is 0.365 e. The number of nitrogens with one attached hydrogen (secondary N) is 1. The number of sulfonamides is 1. The van der Waals surface area contributed by atoms with Crippen LogP contribution in [0.4, 0.5) is 4.79 Å². The van der Waals surface area contributed by atoms with Crippen LogP contribution < -0.4 is 16.2 Å². The number of benzene rings is 1. The summed E-state index contributed by atoms with van der Waals surface area (Å²) < 4.78 is 25.0. The van der Waals surface area contributed by atoms with Crippen LogP contribution in [0.15, 0.2) is 29.2 Å². The molecule has 1 aromatic heterocycles. The zero-order valence-electron chi connectivity index (χ0n) is 16.5. The molecule has 2 aromatic rings. The van der Waals surface area contributed by atoms with Gasteiger partial charge in [-0.05, 0) is 32.9 Å². The fraction of sp³-hybridized carbons (Fsp3) is 0.389. The Hall–Kier alpha value is -2.92. The second-order valence-corrected chi connectivity index (χ2v) is 9.49. The van der Waals surface area contributed by atoms with E-state index in [0.29, 0.717) is 24.3 Å². The van der Waals surface area contributed by atoms with E-state index < -0.39 is 21.5 Å². The lowest BCUT2D eigenvalue weighted by Gasteiger charge is -2.31. The zero-order chi connectivity index (χ0) is 21.6. The first-order valence-electron chi connectivity index (χ1n) is 8.96. The highest BCUT2D eigenvalue weighted by Crippen LogP contribution is 2.29. The van der Waals surface area contributed by atoms with Crippen LogP contribution in [0.1, 0.15) is 36.8 Å². The Morgan fingerprint density at radius 1 is 1.21 bits per heavy atom. The number of aromatic nitrogens is 2. The smallest absolute Gasteiger partial charge is 0.318 e. The van der Waals surface area contributed by atoms with Crippen molar-refractivity contribution in [3.05, 3.63) is 35.5 Å². The predicted molar refractivity (Wildman–Crippen MR) is 106 cm³/mol. The summed E-state index contributed by atoms with van der Waals surface area (Å²) in [4.78, 5) is 26.2. The van der Waals surface area contributed by atoms with Crippen molar-refractivity contribution >= 4 is 22.0 Å². The van der Waals surface area contributed by atoms with Gasteiger partial charge in [-0.1, -0.05) is 12.1 Å². The summed E-state index contributed by atoms with van der Waals surface area (Å²) in [6.45, 7) is 6.58. The van der Waals surface area contributed by atoms with Gasteiger partial charge in [0.1, 0.15) is 5.69 Å². The van der Waals surface area contributed by atoms with Crippen LogP contribution >= 0.6 is 0 Å². The molecule has 0 aliphatic carbocycles. The normalized spacial score (nSPS) is 14.4. The minimum Gasteiger partial charge on any atom is -0.365 e. The summed E-state index contributed by atoms with van der Waals surface area (Å²) in [6, 6.07) is 5.59. The Balaban J connectivity index is 2.03. The van der Waals surface area contributed by atoms with Gasteiger partial charge in [0, 0.05) is 17.6 Å². The molecule has 3 rings (SSSR count). The van der Waals surface area contributed by atoms with E-state index >= 15 is 0 Å². The minimum atomic E-state index is -3.92. The van der Waals surface area contributed by atoms with Gasteiger partial charge in [0.25, 0.3) is 5.91 Å². The Labute approximate surface area is 168 Å². The van der Waals surface area contributed by atoms with Crippen LogP contribution in [0.3, 0.4) is 0 Å². The van der Waals surface area contributed by atoms with Crippen LogP contribution in [-0.4, -0.2) is 47.1 Å². The van der Waals surface area contributed by atoms with Crippen molar-refractivity contribution in [1.82, 2.24) is 20.0 Å². The quantitative estimate of drug-likeness (QED) is 0.664. The molecule has 5 N–H and O–H groups in total. The Morgan fingerprint density at radius 2 is 1.90 bits per heavy atom. The lowest BCUT2D eigenvalue weighted by Crippen LogP contribution is -2.50. The molecule has 1 aromatic carbocycles. The molecule has 2 heterocycles. The number of hydrogen-bond acceptors (Lipinski definition) is 5. The molecule has 11 heteroatoms. The molecule has 0 radical (unpaired) electrons. The first-order valence-corrected chi connectivity index (χ1v) is 10.5. The van der Waals surface area contributed by atoms with E-state index in [-0.39, 0.29) is 28.7 Å². The van der Waals surface area contributed by atoms with Gasteiger partial charge in [0.2, 0.25) is 10.0 Å². The first kappa shape index (κ1) is 20.8. The Morgan fingerprint density at radius 3 is 2.48 bits per heavy atom. The van der Waals surface area contributed by atoms with E-state index in [4.69, 9.17) is 10.9 Å². The number of fused-ring (bicyclic) bond motifs is 1. The number of carbonyl (C=O) groups is 2. The van der Waals surface area contributed by atoms with Crippen molar-refractivity contribution in [2.45, 2.75) is 44.3 Å². The van der Waals surface area contributed by atoms with Crippen LogP contribution in [0.25, 0.3) is 11.3 Å². The van der Waals surface area contributed by atoms with Crippen LogP contribution in [0, 0.1) is 0 Å². The average molecular weight is 420 g/mol. The molecule has 3 amide bonds. The molecular formula is C18H24N6O4S. The van der Waals surface area contributed by atoms with Crippen LogP contribution in [-0.2, 0) is 23.1 Å². The second kappa shape index (κ2) is 7.16. The summed E-state index contributed by atoms with van der Waals surface area (Å²) in [5, 5.41) is 12.6. The molecule has 0 spiro atoms. The third kappa shape index (κ3) is 4.40. The molecular weight excluding hydrogens is 396 g/mol. The molecule has 0 fully saturated rings. The summed E-state index contributed by atoms with van der Waals surface area (Å²) in [5.74, 6) is -0.708. The standard InChI is InChI=1S/C18H24N6O4S/c1-18(2,3)21-17(26)23-7-8-24-13(10-23)14(16(19)25)15(22-24)11-5-4-6-12(9-11)29(20,27)28/h4-6,9H,7-8,10H2,1-3H3,(H2,19,25)(H,21,26)(H2,20,27,28). The monoisotopic (exact) mass is 420 g/mol. The maximum Gasteiger partial charge on any atom is 0.318 e. The SMILES string of the molecule is CC(C)(C)NC(=O)N1CCn2nc(-c3cccc(S(N)(=O)=O)c3)c(C(N)=O)c2C1. The highest BCUT2D eigenvalue weighted by Gasteiger charge is 2.30. The van der Waals surface area contributed by atoms with E-state index in [1.165, 1.54) is 18.2 Å². The highest BCUT2D eigenvalue weighted by atomic mass is 32.2. The molecule has 0 saturated heterocycles. The first-order chi connectivity index (χ1) is 13.4. The van der Waals surface area contributed by atoms with Gasteiger partial charge in [0.15, 0.2) is 0 Å². The van der Waals surface area contributed by atoms with Gasteiger partial charge < -0.3 is 16.0 Å². The van der Waals surface area contributed by atoms with Crippen molar-refractivity contribution in [1.29, 1.82) is 0 Å². The summed E-state index contributed by atoms with van der Waals surface area (Å²) in [7, 11) is -3.92. The van der Waals surface area contributed by atoms with Crippen molar-refractivity contribution < 1.29 is 18.0 Å². The molecule has 10 nitrogen and oxygen atoms in total. The number of amides is 3. The minimum absolute atomic E-state index is 0.0948. The summed E-state index contributed by atoms with van der Waals surface area (Å²) in [5.41, 5.74) is 6.53. The molecule has 29 heavy (non-hydrogen) atoms. The molecule has 1 aliphatic rings. The Bertz CT molecular complexity index is 1080. The molecule has 156 valence electrons. The van der Waals surface area contributed by atoms with Crippen molar-refractivity contribution in [3.8, 4) is 11.3 Å². The second-order valence-electron chi connectivity index (χ2n) is 7.93. The number of primary sulfonamides is 1. The summed E-state index contributed by atoms with van der Waals surface area (Å²) in [6.07, 6.45) is 0. The van der Waals surface area contributed by atoms with Crippen LogP contribution in [0.2, 0.25) is 0 Å². The van der Waals surface area contributed by atoms with Gasteiger partial charge in [-0.2, -0.15) is 5.10 Å². The van der Waals surface area contributed by atoms with Crippen molar-refractivity contribution in [3.63, 3.8) is 0 Å². The van der Waals surface area contributed by atoms with E-state index in [2.05, 4.69) is 10.4 Å². The number of rotatable bonds is 3. The third-order valence-corrected chi connectivity index (χ3v) is 5.34. The molecule has 1 aliphatic heterocycles. The number of hydrogen-bond donors (Lipinski definition) is 3. The van der Waals surface area contributed by atoms with Crippen molar-refractivity contribution in [2.75, 3.05) is 6.54 Å². The fourth-order valence-electron chi connectivity index (χ4n) is 3.17. The lowest BCUT2D eigenvalue weighted by molar-refractivity contribution is 0.0997. The fourth-order valence-corrected chi connectivity index (χ4v) is 3.73. The lowest BCUT2D eigenvalue weighted by atomic mass is 10.0. The van der Waals surface area contributed by atoms with Crippen LogP contribution in [0.5, 0.6) is 0 Å². The number of nitrogens with two attached hydrogens (primary N) is 2. The van der Waals surface area contributed by atoms with E-state index in [9.17, 15) is 18.0 Å². The van der Waals surface area contributed by atoms with Gasteiger partial charge >= 0.3 is 6.03 Å². The maximum atomic E-state index is 12.5. The van der Waals surface area contributed by atoms with E-state index in [1.807, 2.05) is 20.8 Å². The average Bonchev–Trinajstić information content (AvgIpc) is 2.98. The molecule has 0 unspecified atom stereocenters. The number of urea groups is 1. The number of nitrogens with zero attached hydrogens (tertiary/aromatic N) is 3. The highest BCUT2D eigenvalue weighted by molar-refractivity contribution is 7.89. The molecule has 0 saturated carbocycles. The number of primary amides is 1. The van der Waals surface area contributed by atoms with Gasteiger partial charge in [-0.15, -0.1) is 0 Å². The predicted octanol–water partition coefficient (Wildman–Crippen LogP) is 0.620. The van der Waals surface area contributed by atoms with Gasteiger partial charge in [-0.3, -0.25) is 9.48 Å². The maximum absolute atomic E-state index is 12.5. The van der Waals surface area contributed by atoms with E-state index in [0.717, 1.165) is 0 Å².